The average Bonchev–Trinajstić information content (AvgIpc) is 2.37. The molecule has 0 bridgehead atoms. The van der Waals surface area contributed by atoms with Gasteiger partial charge in [0.15, 0.2) is 0 Å². The molecule has 0 saturated carbocycles. The van der Waals surface area contributed by atoms with Crippen molar-refractivity contribution < 1.29 is 0 Å². The van der Waals surface area contributed by atoms with Gasteiger partial charge in [-0.25, -0.2) is 4.98 Å². The molecule has 0 aliphatic carbocycles. The van der Waals surface area contributed by atoms with E-state index >= 15 is 0 Å². The van der Waals surface area contributed by atoms with Crippen molar-refractivity contribution >= 4 is 5.82 Å². The van der Waals surface area contributed by atoms with E-state index < -0.39 is 0 Å². The highest BCUT2D eigenvalue weighted by Crippen LogP contribution is 2.20. The van der Waals surface area contributed by atoms with E-state index in [0.717, 1.165) is 12.4 Å². The lowest BCUT2D eigenvalue weighted by atomic mass is 10.0. The Morgan fingerprint density at radius 2 is 1.89 bits per heavy atom. The van der Waals surface area contributed by atoms with Crippen LogP contribution in [0.25, 0.3) is 0 Å². The molecular weight excluding hydrogens is 220 g/mol. The third kappa shape index (κ3) is 3.10. The Balaban J connectivity index is 2.05. The smallest absolute Gasteiger partial charge is 0.126 e. The molecule has 94 valence electrons. The van der Waals surface area contributed by atoms with Crippen LogP contribution in [0.1, 0.15) is 36.5 Å². The molecular formula is C16H20N2. The molecule has 0 amide bonds. The Bertz CT molecular complexity index is 504. The van der Waals surface area contributed by atoms with Gasteiger partial charge in [-0.2, -0.15) is 0 Å². The van der Waals surface area contributed by atoms with Crippen molar-refractivity contribution in [2.75, 3.05) is 5.32 Å². The van der Waals surface area contributed by atoms with Gasteiger partial charge in [-0.3, -0.25) is 0 Å². The lowest BCUT2D eigenvalue weighted by Gasteiger charge is -2.11. The van der Waals surface area contributed by atoms with Crippen LogP contribution in [0.15, 0.2) is 42.6 Å². The first-order valence-corrected chi connectivity index (χ1v) is 6.41. The molecule has 0 atom stereocenters. The van der Waals surface area contributed by atoms with Crippen LogP contribution in [0.2, 0.25) is 0 Å². The molecule has 1 N–H and O–H groups in total. The standard InChI is InChI=1S/C16H20N2/c1-12(2)15-11-18-16(9-13(15)3)17-10-14-7-5-4-6-8-14/h4-9,11-12H,10H2,1-3H3,(H,17,18). The summed E-state index contributed by atoms with van der Waals surface area (Å²) >= 11 is 0. The molecule has 0 saturated heterocycles. The molecule has 0 radical (unpaired) electrons. The first kappa shape index (κ1) is 12.6. The Morgan fingerprint density at radius 3 is 2.50 bits per heavy atom. The molecule has 0 aliphatic rings. The topological polar surface area (TPSA) is 24.9 Å². The number of aryl methyl sites for hydroxylation is 1. The number of pyridine rings is 1. The molecule has 2 heteroatoms. The van der Waals surface area contributed by atoms with Gasteiger partial charge in [-0.1, -0.05) is 44.2 Å². The number of aromatic nitrogens is 1. The van der Waals surface area contributed by atoms with Crippen LogP contribution in [0.4, 0.5) is 5.82 Å². The quantitative estimate of drug-likeness (QED) is 0.869. The summed E-state index contributed by atoms with van der Waals surface area (Å²) in [4.78, 5) is 4.46. The molecule has 0 spiro atoms. The van der Waals surface area contributed by atoms with Gasteiger partial charge >= 0.3 is 0 Å². The van der Waals surface area contributed by atoms with Crippen molar-refractivity contribution in [3.8, 4) is 0 Å². The summed E-state index contributed by atoms with van der Waals surface area (Å²) in [6.45, 7) is 7.35. The van der Waals surface area contributed by atoms with Crippen molar-refractivity contribution in [3.05, 3.63) is 59.3 Å². The van der Waals surface area contributed by atoms with Crippen LogP contribution >= 0.6 is 0 Å². The molecule has 2 aromatic rings. The maximum Gasteiger partial charge on any atom is 0.126 e. The summed E-state index contributed by atoms with van der Waals surface area (Å²) in [7, 11) is 0. The van der Waals surface area contributed by atoms with Crippen LogP contribution in [-0.2, 0) is 6.54 Å². The Kier molecular flexibility index (Phi) is 3.98. The van der Waals surface area contributed by atoms with Crippen LogP contribution in [0.3, 0.4) is 0 Å². The van der Waals surface area contributed by atoms with E-state index in [4.69, 9.17) is 0 Å². The molecule has 0 unspecified atom stereocenters. The van der Waals surface area contributed by atoms with Gasteiger partial charge in [0.25, 0.3) is 0 Å². The van der Waals surface area contributed by atoms with Crippen LogP contribution in [0, 0.1) is 6.92 Å². The summed E-state index contributed by atoms with van der Waals surface area (Å²) < 4.78 is 0. The summed E-state index contributed by atoms with van der Waals surface area (Å²) in [6.07, 6.45) is 1.98. The number of anilines is 1. The maximum absolute atomic E-state index is 4.46. The minimum atomic E-state index is 0.528. The SMILES string of the molecule is Cc1cc(NCc2ccccc2)ncc1C(C)C. The van der Waals surface area contributed by atoms with E-state index in [0.29, 0.717) is 5.92 Å². The van der Waals surface area contributed by atoms with Crippen molar-refractivity contribution in [1.29, 1.82) is 0 Å². The number of rotatable bonds is 4. The van der Waals surface area contributed by atoms with Crippen molar-refractivity contribution in [3.63, 3.8) is 0 Å². The number of nitrogens with zero attached hydrogens (tertiary/aromatic N) is 1. The zero-order valence-corrected chi connectivity index (χ0v) is 11.3. The molecule has 1 aromatic heterocycles. The molecule has 18 heavy (non-hydrogen) atoms. The van der Waals surface area contributed by atoms with Crippen LogP contribution in [-0.4, -0.2) is 4.98 Å². The fourth-order valence-electron chi connectivity index (χ4n) is 2.06. The van der Waals surface area contributed by atoms with Crippen LogP contribution in [0.5, 0.6) is 0 Å². The zero-order valence-electron chi connectivity index (χ0n) is 11.3. The van der Waals surface area contributed by atoms with Gasteiger partial charge in [0.1, 0.15) is 5.82 Å². The van der Waals surface area contributed by atoms with Crippen LogP contribution < -0.4 is 5.32 Å². The molecule has 2 rings (SSSR count). The number of hydrogen-bond donors (Lipinski definition) is 1. The first-order chi connectivity index (χ1) is 8.66. The van der Waals surface area contributed by atoms with Gasteiger partial charge in [0.2, 0.25) is 0 Å². The van der Waals surface area contributed by atoms with E-state index in [9.17, 15) is 0 Å². The van der Waals surface area contributed by atoms with E-state index in [2.05, 4.69) is 61.4 Å². The highest BCUT2D eigenvalue weighted by molar-refractivity contribution is 5.42. The second kappa shape index (κ2) is 5.67. The van der Waals surface area contributed by atoms with Crippen molar-refractivity contribution in [2.24, 2.45) is 0 Å². The van der Waals surface area contributed by atoms with Gasteiger partial charge < -0.3 is 5.32 Å². The predicted octanol–water partition coefficient (Wildman–Crippen LogP) is 4.13. The van der Waals surface area contributed by atoms with Gasteiger partial charge in [-0.15, -0.1) is 0 Å². The van der Waals surface area contributed by atoms with E-state index in [1.54, 1.807) is 0 Å². The number of hydrogen-bond acceptors (Lipinski definition) is 2. The molecule has 1 heterocycles. The summed E-state index contributed by atoms with van der Waals surface area (Å²) in [5.74, 6) is 1.47. The highest BCUT2D eigenvalue weighted by atomic mass is 15.0. The van der Waals surface area contributed by atoms with E-state index in [-0.39, 0.29) is 0 Å². The Morgan fingerprint density at radius 1 is 1.17 bits per heavy atom. The average molecular weight is 240 g/mol. The Hall–Kier alpha value is -1.83. The molecule has 0 aliphatic heterocycles. The lowest BCUT2D eigenvalue weighted by molar-refractivity contribution is 0.847. The highest BCUT2D eigenvalue weighted by Gasteiger charge is 2.04. The summed E-state index contributed by atoms with van der Waals surface area (Å²) in [5, 5.41) is 3.36. The normalized spacial score (nSPS) is 10.7. The monoisotopic (exact) mass is 240 g/mol. The lowest BCUT2D eigenvalue weighted by Crippen LogP contribution is -2.03. The van der Waals surface area contributed by atoms with E-state index in [1.165, 1.54) is 16.7 Å². The van der Waals surface area contributed by atoms with Gasteiger partial charge in [-0.05, 0) is 35.6 Å². The first-order valence-electron chi connectivity index (χ1n) is 6.41. The van der Waals surface area contributed by atoms with Gasteiger partial charge in [0, 0.05) is 12.7 Å². The second-order valence-electron chi connectivity index (χ2n) is 4.92. The van der Waals surface area contributed by atoms with E-state index in [1.807, 2.05) is 12.3 Å². The minimum Gasteiger partial charge on any atom is -0.366 e. The molecule has 2 nitrogen and oxygen atoms in total. The molecule has 0 fully saturated rings. The fourth-order valence-corrected chi connectivity index (χ4v) is 2.06. The fraction of sp³-hybridized carbons (Fsp3) is 0.312. The number of benzene rings is 1. The third-order valence-corrected chi connectivity index (χ3v) is 3.09. The summed E-state index contributed by atoms with van der Waals surface area (Å²) in [6, 6.07) is 12.5. The third-order valence-electron chi connectivity index (χ3n) is 3.09. The maximum atomic E-state index is 4.46. The van der Waals surface area contributed by atoms with Crippen molar-refractivity contribution in [1.82, 2.24) is 4.98 Å². The summed E-state index contributed by atoms with van der Waals surface area (Å²) in [5.41, 5.74) is 3.89. The molecule has 1 aromatic carbocycles. The minimum absolute atomic E-state index is 0.528. The van der Waals surface area contributed by atoms with Gasteiger partial charge in [0.05, 0.1) is 0 Å². The second-order valence-corrected chi connectivity index (χ2v) is 4.92. The van der Waals surface area contributed by atoms with Crippen molar-refractivity contribution in [2.45, 2.75) is 33.2 Å². The predicted molar refractivity (Wildman–Crippen MR) is 76.8 cm³/mol. The largest absolute Gasteiger partial charge is 0.366 e. The Labute approximate surface area is 109 Å². The number of nitrogens with one attached hydrogen (secondary N) is 1. The zero-order chi connectivity index (χ0) is 13.0.